The summed E-state index contributed by atoms with van der Waals surface area (Å²) in [5.41, 5.74) is 1.00. The molecule has 31 heavy (non-hydrogen) atoms. The first-order valence-electron chi connectivity index (χ1n) is 9.34. The normalized spacial score (nSPS) is 11.8. The standard InChI is InChI=1S/C21H26N2O7.Fe/c24-14-17(23(13-21(29)30)10-16-6-2-4-8-19(16)26)11-22(12-20(27)28)9-15-5-1-3-7-18(15)25;/h1-8,17,24-26H,9-14H2,(H,27,28)(H,29,30);/q;+2/t17-;/m1./s1. The maximum atomic E-state index is 11.4. The number of carbonyl (C=O) groups is 2. The zero-order valence-corrected chi connectivity index (χ0v) is 17.8. The van der Waals surface area contributed by atoms with E-state index >= 15 is 0 Å². The van der Waals surface area contributed by atoms with Crippen molar-refractivity contribution in [2.24, 2.45) is 0 Å². The van der Waals surface area contributed by atoms with Crippen LogP contribution in [0.1, 0.15) is 11.1 Å². The Kier molecular flexibility index (Phi) is 11.0. The van der Waals surface area contributed by atoms with E-state index in [4.69, 9.17) is 0 Å². The molecule has 1 atom stereocenters. The van der Waals surface area contributed by atoms with Crippen LogP contribution in [0.15, 0.2) is 48.5 Å². The molecule has 0 aliphatic rings. The van der Waals surface area contributed by atoms with Crippen LogP contribution in [0.25, 0.3) is 0 Å². The third-order valence-electron chi connectivity index (χ3n) is 4.64. The van der Waals surface area contributed by atoms with Crippen LogP contribution < -0.4 is 0 Å². The van der Waals surface area contributed by atoms with Gasteiger partial charge < -0.3 is 25.5 Å². The van der Waals surface area contributed by atoms with E-state index in [2.05, 4.69) is 0 Å². The van der Waals surface area contributed by atoms with E-state index in [1.54, 1.807) is 36.4 Å². The molecule has 0 bridgehead atoms. The minimum atomic E-state index is -1.12. The number of benzene rings is 2. The number of phenols is 2. The molecule has 2 aromatic rings. The molecule has 0 amide bonds. The summed E-state index contributed by atoms with van der Waals surface area (Å²) in [5.74, 6) is -2.19. The molecule has 0 heterocycles. The maximum Gasteiger partial charge on any atom is 2.00 e. The van der Waals surface area contributed by atoms with E-state index in [-0.39, 0.29) is 54.7 Å². The van der Waals surface area contributed by atoms with Gasteiger partial charge in [0.25, 0.3) is 0 Å². The average molecular weight is 474 g/mol. The van der Waals surface area contributed by atoms with Crippen LogP contribution in [-0.4, -0.2) is 79.6 Å². The van der Waals surface area contributed by atoms with Gasteiger partial charge in [0.05, 0.1) is 19.7 Å². The van der Waals surface area contributed by atoms with Gasteiger partial charge >= 0.3 is 29.0 Å². The molecule has 9 nitrogen and oxygen atoms in total. The Morgan fingerprint density at radius 2 is 1.29 bits per heavy atom. The van der Waals surface area contributed by atoms with E-state index in [0.29, 0.717) is 11.1 Å². The molecular formula is C21H26FeN2O7+2. The molecular weight excluding hydrogens is 448 g/mol. The molecule has 0 radical (unpaired) electrons. The van der Waals surface area contributed by atoms with Crippen molar-refractivity contribution in [1.82, 2.24) is 9.80 Å². The molecule has 2 rings (SSSR count). The van der Waals surface area contributed by atoms with Crippen LogP contribution in [0.3, 0.4) is 0 Å². The van der Waals surface area contributed by atoms with E-state index in [1.165, 1.54) is 21.9 Å². The largest absolute Gasteiger partial charge is 2.00 e. The molecule has 0 aliphatic heterocycles. The first-order valence-corrected chi connectivity index (χ1v) is 9.34. The number of rotatable bonds is 12. The van der Waals surface area contributed by atoms with Crippen molar-refractivity contribution < 1.29 is 52.2 Å². The smallest absolute Gasteiger partial charge is 0.508 e. The molecule has 5 N–H and O–H groups in total. The van der Waals surface area contributed by atoms with Gasteiger partial charge in [0, 0.05) is 36.8 Å². The van der Waals surface area contributed by atoms with Crippen LogP contribution in [0.2, 0.25) is 0 Å². The third kappa shape index (κ3) is 8.56. The number of hydrogen-bond donors (Lipinski definition) is 5. The van der Waals surface area contributed by atoms with Crippen LogP contribution in [0.5, 0.6) is 11.5 Å². The summed E-state index contributed by atoms with van der Waals surface area (Å²) >= 11 is 0. The van der Waals surface area contributed by atoms with Gasteiger partial charge in [0.1, 0.15) is 11.5 Å². The maximum absolute atomic E-state index is 11.4. The summed E-state index contributed by atoms with van der Waals surface area (Å²) < 4.78 is 0. The minimum absolute atomic E-state index is 0. The number of aromatic hydroxyl groups is 2. The van der Waals surface area contributed by atoms with Crippen molar-refractivity contribution in [3.8, 4) is 11.5 Å². The fraction of sp³-hybridized carbons (Fsp3) is 0.333. The molecule has 0 aliphatic carbocycles. The van der Waals surface area contributed by atoms with Gasteiger partial charge in [-0.15, -0.1) is 0 Å². The molecule has 10 heteroatoms. The van der Waals surface area contributed by atoms with E-state index in [0.717, 1.165) is 0 Å². The van der Waals surface area contributed by atoms with E-state index < -0.39 is 31.1 Å². The number of para-hydroxylation sites is 2. The number of aliphatic hydroxyl groups is 1. The van der Waals surface area contributed by atoms with Crippen LogP contribution in [0, 0.1) is 0 Å². The van der Waals surface area contributed by atoms with Crippen molar-refractivity contribution in [2.75, 3.05) is 26.2 Å². The fourth-order valence-electron chi connectivity index (χ4n) is 3.20. The number of carboxylic acid groups (broad SMARTS) is 2. The second-order valence-corrected chi connectivity index (χ2v) is 6.96. The summed E-state index contributed by atoms with van der Waals surface area (Å²) in [6, 6.07) is 12.3. The Bertz CT molecular complexity index is 865. The van der Waals surface area contributed by atoms with Gasteiger partial charge in [-0.2, -0.15) is 0 Å². The Balaban J connectivity index is 0.00000480. The van der Waals surface area contributed by atoms with E-state index in [9.17, 15) is 35.1 Å². The molecule has 0 unspecified atom stereocenters. The Hall–Kier alpha value is -2.62. The molecule has 168 valence electrons. The van der Waals surface area contributed by atoms with Crippen molar-refractivity contribution >= 4 is 11.9 Å². The predicted molar refractivity (Wildman–Crippen MR) is 108 cm³/mol. The SMILES string of the molecule is O=C(O)CN(Cc1ccccc1O)C[C@H](CO)N(CC(=O)O)Cc1ccccc1O.[Fe+2]. The first kappa shape index (κ1) is 26.4. The number of phenolic OH excluding ortho intramolecular Hbond substituents is 2. The summed E-state index contributed by atoms with van der Waals surface area (Å²) in [7, 11) is 0. The number of carboxylic acids is 2. The van der Waals surface area contributed by atoms with Gasteiger partial charge in [-0.25, -0.2) is 0 Å². The van der Waals surface area contributed by atoms with Gasteiger partial charge in [0.15, 0.2) is 0 Å². The minimum Gasteiger partial charge on any atom is -0.508 e. The quantitative estimate of drug-likeness (QED) is 0.284. The van der Waals surface area contributed by atoms with Crippen molar-refractivity contribution in [3.63, 3.8) is 0 Å². The topological polar surface area (TPSA) is 142 Å². The molecule has 0 aromatic heterocycles. The number of hydrogen-bond acceptors (Lipinski definition) is 7. The number of aliphatic carboxylic acids is 2. The van der Waals surface area contributed by atoms with E-state index in [1.807, 2.05) is 0 Å². The zero-order valence-electron chi connectivity index (χ0n) is 16.7. The second kappa shape index (κ2) is 12.9. The molecule has 0 fully saturated rings. The molecule has 2 aromatic carbocycles. The fourth-order valence-corrected chi connectivity index (χ4v) is 3.20. The summed E-state index contributed by atoms with van der Waals surface area (Å²) in [5, 5.41) is 48.5. The van der Waals surface area contributed by atoms with Crippen LogP contribution in [0.4, 0.5) is 0 Å². The van der Waals surface area contributed by atoms with Crippen molar-refractivity contribution in [1.29, 1.82) is 0 Å². The summed E-state index contributed by atoms with van der Waals surface area (Å²) in [4.78, 5) is 25.7. The van der Waals surface area contributed by atoms with Crippen LogP contribution >= 0.6 is 0 Å². The Labute approximate surface area is 190 Å². The van der Waals surface area contributed by atoms with Gasteiger partial charge in [-0.05, 0) is 12.1 Å². The summed E-state index contributed by atoms with van der Waals surface area (Å²) in [6.07, 6.45) is 0. The van der Waals surface area contributed by atoms with Crippen molar-refractivity contribution in [3.05, 3.63) is 59.7 Å². The molecule has 0 spiro atoms. The molecule has 0 saturated carbocycles. The first-order chi connectivity index (χ1) is 14.3. The monoisotopic (exact) mass is 474 g/mol. The average Bonchev–Trinajstić information content (AvgIpc) is 2.68. The summed E-state index contributed by atoms with van der Waals surface area (Å²) in [6.45, 7) is -0.982. The number of aliphatic hydroxyl groups excluding tert-OH is 1. The number of nitrogens with zero attached hydrogens (tertiary/aromatic N) is 2. The zero-order chi connectivity index (χ0) is 22.1. The molecule has 0 saturated heterocycles. The Morgan fingerprint density at radius 1 is 0.806 bits per heavy atom. The predicted octanol–water partition coefficient (Wildman–Crippen LogP) is 0.930. The Morgan fingerprint density at radius 3 is 1.74 bits per heavy atom. The van der Waals surface area contributed by atoms with Crippen molar-refractivity contribution in [2.45, 2.75) is 19.1 Å². The third-order valence-corrected chi connectivity index (χ3v) is 4.64. The second-order valence-electron chi connectivity index (χ2n) is 6.96. The van der Waals surface area contributed by atoms with Crippen LogP contribution in [-0.2, 0) is 39.7 Å². The van der Waals surface area contributed by atoms with Gasteiger partial charge in [0.2, 0.25) is 0 Å². The van der Waals surface area contributed by atoms with Gasteiger partial charge in [-0.1, -0.05) is 36.4 Å². The van der Waals surface area contributed by atoms with Gasteiger partial charge in [-0.3, -0.25) is 19.4 Å².